The lowest BCUT2D eigenvalue weighted by molar-refractivity contribution is 1.16. The normalized spacial score (nSPS) is 12.1. The molecule has 0 atom stereocenters. The summed E-state index contributed by atoms with van der Waals surface area (Å²) in [6.45, 7) is 13.7. The topological polar surface area (TPSA) is 24.6 Å². The molecule has 5 nitrogen and oxygen atoms in total. The fraction of sp³-hybridized carbons (Fsp3) is 0.0714. The molecule has 18 rings (SSSR count). The fourth-order valence-corrected chi connectivity index (χ4v) is 16.3. The average molecular weight is 1150 g/mol. The summed E-state index contributed by atoms with van der Waals surface area (Å²) in [5.74, 6) is 0. The molecule has 0 spiro atoms. The zero-order chi connectivity index (χ0) is 60.2. The Balaban J connectivity index is 0.887. The Labute approximate surface area is 522 Å². The molecule has 0 aliphatic rings. The van der Waals surface area contributed by atoms with Gasteiger partial charge >= 0.3 is 0 Å². The van der Waals surface area contributed by atoms with E-state index in [4.69, 9.17) is 0 Å². The first-order chi connectivity index (χ1) is 44.1. The van der Waals surface area contributed by atoms with Crippen LogP contribution in [0, 0.1) is 41.5 Å². The zero-order valence-corrected chi connectivity index (χ0v) is 51.2. The predicted octanol–water partition coefficient (Wildman–Crippen LogP) is 19.5. The van der Waals surface area contributed by atoms with E-state index in [-0.39, 0.29) is 6.71 Å². The molecule has 5 heterocycles. The number of para-hydroxylation sites is 6. The standard InChI is InChI=1S/C84H62BN5/c1-51-41-53(3)83(54(4)42-51)85(84-55(5)43-52(2)44-56(84)6)57-33-35-60(36-34-57)86-77-39-37-61(89-75-31-19-15-27-65(75)71-47-79-69(49-81(71)89)63-25-13-17-29-73(63)87(79)58-21-9-7-10-22-58)45-67(77)68-46-62(38-40-78(68)86)90-76-32-20-16-28-66(76)72-48-80-70(50-82(72)90)64-26-14-18-30-74(64)88(80)59-23-11-8-12-24-59/h7-50H,1-6H3. The average Bonchev–Trinajstić information content (AvgIpc) is 1.57. The molecule has 0 saturated heterocycles. The number of hydrogen-bond donors (Lipinski definition) is 0. The zero-order valence-electron chi connectivity index (χ0n) is 51.2. The second-order valence-corrected chi connectivity index (χ2v) is 25.2. The van der Waals surface area contributed by atoms with E-state index in [0.29, 0.717) is 0 Å². The van der Waals surface area contributed by atoms with Crippen LogP contribution in [0.25, 0.3) is 137 Å². The van der Waals surface area contributed by atoms with E-state index in [1.165, 1.54) is 148 Å². The van der Waals surface area contributed by atoms with Crippen molar-refractivity contribution in [3.05, 3.63) is 300 Å². The first kappa shape index (κ1) is 52.1. The van der Waals surface area contributed by atoms with Crippen LogP contribution < -0.4 is 16.4 Å². The molecule has 0 N–H and O–H groups in total. The van der Waals surface area contributed by atoms with Crippen LogP contribution >= 0.6 is 0 Å². The Morgan fingerprint density at radius 2 is 0.456 bits per heavy atom. The van der Waals surface area contributed by atoms with Crippen molar-refractivity contribution >= 4 is 132 Å². The van der Waals surface area contributed by atoms with Crippen LogP contribution in [0.2, 0.25) is 0 Å². The highest BCUT2D eigenvalue weighted by molar-refractivity contribution is 6.96. The molecule has 426 valence electrons. The summed E-state index contributed by atoms with van der Waals surface area (Å²) in [6, 6.07) is 100. The maximum atomic E-state index is 2.51. The Kier molecular flexibility index (Phi) is 11.4. The van der Waals surface area contributed by atoms with Crippen molar-refractivity contribution in [2.75, 3.05) is 0 Å². The van der Waals surface area contributed by atoms with Crippen molar-refractivity contribution in [2.45, 2.75) is 41.5 Å². The van der Waals surface area contributed by atoms with E-state index in [1.54, 1.807) is 0 Å². The van der Waals surface area contributed by atoms with Gasteiger partial charge in [0.15, 0.2) is 0 Å². The Bertz CT molecular complexity index is 5640. The Morgan fingerprint density at radius 1 is 0.200 bits per heavy atom. The Morgan fingerprint density at radius 3 is 0.800 bits per heavy atom. The quantitative estimate of drug-likeness (QED) is 0.136. The van der Waals surface area contributed by atoms with E-state index in [2.05, 4.69) is 331 Å². The molecule has 0 bridgehead atoms. The first-order valence-electron chi connectivity index (χ1n) is 31.5. The minimum atomic E-state index is 0.0631. The molecule has 0 amide bonds. The molecule has 0 fully saturated rings. The number of hydrogen-bond acceptors (Lipinski definition) is 0. The van der Waals surface area contributed by atoms with Crippen molar-refractivity contribution in [3.8, 4) is 28.4 Å². The van der Waals surface area contributed by atoms with Crippen LogP contribution in [-0.2, 0) is 0 Å². The summed E-state index contributed by atoms with van der Waals surface area (Å²) in [5, 5.41) is 12.2. The number of aromatic nitrogens is 5. The molecule has 0 saturated carbocycles. The smallest absolute Gasteiger partial charge is 0.242 e. The molecule has 18 aromatic rings. The van der Waals surface area contributed by atoms with Gasteiger partial charge in [-0.05, 0) is 163 Å². The van der Waals surface area contributed by atoms with E-state index in [9.17, 15) is 0 Å². The highest BCUT2D eigenvalue weighted by Gasteiger charge is 2.30. The van der Waals surface area contributed by atoms with Crippen LogP contribution in [-0.4, -0.2) is 29.5 Å². The molecular weight excluding hydrogens is 1090 g/mol. The van der Waals surface area contributed by atoms with E-state index >= 15 is 0 Å². The third-order valence-corrected chi connectivity index (χ3v) is 19.7. The number of nitrogens with zero attached hydrogens (tertiary/aromatic N) is 5. The van der Waals surface area contributed by atoms with Crippen LogP contribution in [0.15, 0.2) is 267 Å². The summed E-state index contributed by atoms with van der Waals surface area (Å²) in [5.41, 5.74) is 29.4. The van der Waals surface area contributed by atoms with Gasteiger partial charge in [0, 0.05) is 82.3 Å². The number of benzene rings is 13. The van der Waals surface area contributed by atoms with Gasteiger partial charge in [0.2, 0.25) is 6.71 Å². The lowest BCUT2D eigenvalue weighted by atomic mass is 9.34. The molecule has 6 heteroatoms. The number of fused-ring (bicyclic) bond motifs is 15. The second kappa shape index (κ2) is 19.7. The summed E-state index contributed by atoms with van der Waals surface area (Å²) in [7, 11) is 0. The van der Waals surface area contributed by atoms with Crippen LogP contribution in [0.1, 0.15) is 33.4 Å². The van der Waals surface area contributed by atoms with Gasteiger partial charge in [0.25, 0.3) is 0 Å². The van der Waals surface area contributed by atoms with Crippen molar-refractivity contribution in [1.29, 1.82) is 0 Å². The second-order valence-electron chi connectivity index (χ2n) is 25.2. The molecule has 0 unspecified atom stereocenters. The van der Waals surface area contributed by atoms with Gasteiger partial charge in [-0.1, -0.05) is 195 Å². The molecular formula is C84H62BN5. The van der Waals surface area contributed by atoms with Gasteiger partial charge in [-0.3, -0.25) is 0 Å². The maximum absolute atomic E-state index is 2.51. The van der Waals surface area contributed by atoms with Crippen molar-refractivity contribution in [1.82, 2.24) is 22.8 Å². The highest BCUT2D eigenvalue weighted by atomic mass is 15.0. The van der Waals surface area contributed by atoms with Crippen molar-refractivity contribution in [2.24, 2.45) is 0 Å². The molecule has 0 aliphatic heterocycles. The SMILES string of the molecule is Cc1cc(C)c(B(c2ccc(-n3c4ccc(-n5c6ccccc6c6cc7c(cc65)c5ccccc5n7-c5ccccc5)cc4c4cc(-n5c6ccccc6c6cc7c(cc65)c5ccccc5n7-c5ccccc5)ccc43)cc2)c2c(C)cc(C)cc2C)c(C)c1. The lowest BCUT2D eigenvalue weighted by Crippen LogP contribution is -2.55. The fourth-order valence-electron chi connectivity index (χ4n) is 16.3. The third-order valence-electron chi connectivity index (χ3n) is 19.7. The summed E-state index contributed by atoms with van der Waals surface area (Å²) < 4.78 is 12.4. The molecule has 5 aromatic heterocycles. The lowest BCUT2D eigenvalue weighted by Gasteiger charge is -2.25. The van der Waals surface area contributed by atoms with Gasteiger partial charge in [-0.15, -0.1) is 0 Å². The third kappa shape index (κ3) is 7.64. The van der Waals surface area contributed by atoms with E-state index < -0.39 is 0 Å². The summed E-state index contributed by atoms with van der Waals surface area (Å²) in [4.78, 5) is 0. The largest absolute Gasteiger partial charge is 0.309 e. The summed E-state index contributed by atoms with van der Waals surface area (Å²) in [6.07, 6.45) is 0. The molecule has 0 radical (unpaired) electrons. The van der Waals surface area contributed by atoms with Crippen molar-refractivity contribution in [3.63, 3.8) is 0 Å². The Hall–Kier alpha value is -11.1. The number of rotatable bonds is 8. The van der Waals surface area contributed by atoms with Crippen LogP contribution in [0.3, 0.4) is 0 Å². The van der Waals surface area contributed by atoms with Gasteiger partial charge in [-0.2, -0.15) is 0 Å². The first-order valence-corrected chi connectivity index (χ1v) is 31.5. The molecule has 90 heavy (non-hydrogen) atoms. The minimum Gasteiger partial charge on any atom is -0.309 e. The van der Waals surface area contributed by atoms with Gasteiger partial charge in [0.1, 0.15) is 0 Å². The number of aryl methyl sites for hydroxylation is 6. The maximum Gasteiger partial charge on any atom is 0.242 e. The van der Waals surface area contributed by atoms with Gasteiger partial charge in [0.05, 0.1) is 55.2 Å². The monoisotopic (exact) mass is 1150 g/mol. The van der Waals surface area contributed by atoms with Crippen molar-refractivity contribution < 1.29 is 0 Å². The van der Waals surface area contributed by atoms with Crippen LogP contribution in [0.5, 0.6) is 0 Å². The van der Waals surface area contributed by atoms with Gasteiger partial charge < -0.3 is 22.8 Å². The minimum absolute atomic E-state index is 0.0631. The molecule has 13 aromatic carbocycles. The van der Waals surface area contributed by atoms with E-state index in [1.807, 2.05) is 0 Å². The van der Waals surface area contributed by atoms with Gasteiger partial charge in [-0.25, -0.2) is 0 Å². The van der Waals surface area contributed by atoms with E-state index in [0.717, 1.165) is 39.5 Å². The summed E-state index contributed by atoms with van der Waals surface area (Å²) >= 11 is 0. The molecule has 0 aliphatic carbocycles. The van der Waals surface area contributed by atoms with Crippen LogP contribution in [0.4, 0.5) is 0 Å². The highest BCUT2D eigenvalue weighted by Crippen LogP contribution is 2.44. The predicted molar refractivity (Wildman–Crippen MR) is 384 cm³/mol.